The number of amides is 3. The number of benzene rings is 2. The maximum absolute atomic E-state index is 14.3. The molecule has 0 saturated carbocycles. The molecule has 2 fully saturated rings. The number of piperidine rings is 1. The molecular formula is C38H53N3O8. The van der Waals surface area contributed by atoms with Crippen LogP contribution >= 0.6 is 0 Å². The van der Waals surface area contributed by atoms with Crippen LogP contribution in [0.4, 0.5) is 9.59 Å². The van der Waals surface area contributed by atoms with Gasteiger partial charge in [0.25, 0.3) is 0 Å². The van der Waals surface area contributed by atoms with Crippen LogP contribution in [0.5, 0.6) is 11.5 Å². The fraction of sp³-hybridized carbons (Fsp3) is 0.605. The van der Waals surface area contributed by atoms with Gasteiger partial charge in [-0.1, -0.05) is 36.4 Å². The molecule has 268 valence electrons. The van der Waals surface area contributed by atoms with E-state index in [2.05, 4.69) is 17.4 Å². The standard InChI is InChI=1S/C38H53N3O8/c1-6-41(36(44)47-29-17-21-46-22-18-29)28-23-27(24-40(25-28)35(43)49-37(2,3)4)34(42)39-26-38(19-11-12-20-45-5)30-13-7-9-15-32(30)48-33-16-10-8-14-31(33)38/h7-10,13-16,27-29H,6,11-12,17-26H2,1-5H3,(H,39,42)/t27-,28+/m0/s1. The van der Waals surface area contributed by atoms with E-state index in [9.17, 15) is 14.4 Å². The van der Waals surface area contributed by atoms with Gasteiger partial charge in [0.15, 0.2) is 0 Å². The van der Waals surface area contributed by atoms with Crippen molar-refractivity contribution in [3.05, 3.63) is 59.7 Å². The summed E-state index contributed by atoms with van der Waals surface area (Å²) < 4.78 is 28.8. The number of hydrogen-bond acceptors (Lipinski definition) is 8. The van der Waals surface area contributed by atoms with Crippen LogP contribution in [0.25, 0.3) is 0 Å². The number of rotatable bonds is 11. The molecule has 2 aromatic carbocycles. The number of carbonyl (C=O) groups is 3. The van der Waals surface area contributed by atoms with Crippen LogP contribution in [-0.4, -0.2) is 98.7 Å². The predicted octanol–water partition coefficient (Wildman–Crippen LogP) is 6.27. The second-order valence-corrected chi connectivity index (χ2v) is 14.3. The number of likely N-dealkylation sites (N-methyl/N-ethyl adjacent to an activating group) is 1. The van der Waals surface area contributed by atoms with Crippen molar-refractivity contribution >= 4 is 18.1 Å². The summed E-state index contributed by atoms with van der Waals surface area (Å²) in [7, 11) is 1.71. The van der Waals surface area contributed by atoms with E-state index >= 15 is 0 Å². The zero-order valence-electron chi connectivity index (χ0n) is 29.7. The fourth-order valence-corrected chi connectivity index (χ4v) is 7.27. The first kappa shape index (κ1) is 36.5. The van der Waals surface area contributed by atoms with Crippen LogP contribution < -0.4 is 10.1 Å². The van der Waals surface area contributed by atoms with Crippen molar-refractivity contribution in [3.8, 4) is 11.5 Å². The molecule has 3 aliphatic heterocycles. The molecule has 0 unspecified atom stereocenters. The van der Waals surface area contributed by atoms with Crippen molar-refractivity contribution in [2.24, 2.45) is 5.92 Å². The van der Waals surface area contributed by atoms with Gasteiger partial charge >= 0.3 is 12.2 Å². The molecule has 0 spiro atoms. The number of para-hydroxylation sites is 2. The second kappa shape index (κ2) is 16.3. The SMILES string of the molecule is CCN(C(=O)OC1CCOCC1)[C@@H]1C[C@H](C(=O)NCC2(CCCCOC)c3ccccc3Oc3ccccc32)CN(C(=O)OC(C)(C)C)C1. The number of methoxy groups -OCH3 is 1. The van der Waals surface area contributed by atoms with E-state index in [1.165, 1.54) is 0 Å². The van der Waals surface area contributed by atoms with Crippen LogP contribution in [0.1, 0.15) is 77.3 Å². The predicted molar refractivity (Wildman–Crippen MR) is 185 cm³/mol. The Kier molecular flexibility index (Phi) is 12.1. The Hall–Kier alpha value is -3.83. The van der Waals surface area contributed by atoms with E-state index in [1.807, 2.05) is 64.1 Å². The molecule has 2 aromatic rings. The van der Waals surface area contributed by atoms with Crippen molar-refractivity contribution < 1.29 is 38.1 Å². The van der Waals surface area contributed by atoms with Gasteiger partial charge in [0, 0.05) is 69.3 Å². The molecule has 0 aromatic heterocycles. The lowest BCUT2D eigenvalue weighted by atomic mass is 9.69. The van der Waals surface area contributed by atoms with Crippen molar-refractivity contribution in [2.45, 2.75) is 89.4 Å². The summed E-state index contributed by atoms with van der Waals surface area (Å²) in [6, 6.07) is 15.6. The molecule has 5 rings (SSSR count). The van der Waals surface area contributed by atoms with Gasteiger partial charge in [0.2, 0.25) is 5.91 Å². The van der Waals surface area contributed by atoms with Crippen molar-refractivity contribution in [3.63, 3.8) is 0 Å². The third-order valence-electron chi connectivity index (χ3n) is 9.69. The minimum Gasteiger partial charge on any atom is -0.457 e. The Balaban J connectivity index is 1.40. The summed E-state index contributed by atoms with van der Waals surface area (Å²) in [4.78, 5) is 44.4. The zero-order chi connectivity index (χ0) is 35.0. The monoisotopic (exact) mass is 679 g/mol. The van der Waals surface area contributed by atoms with Crippen molar-refractivity contribution in [2.75, 3.05) is 53.1 Å². The maximum Gasteiger partial charge on any atom is 0.410 e. The fourth-order valence-electron chi connectivity index (χ4n) is 7.27. The Bertz CT molecular complexity index is 1390. The number of hydrogen-bond donors (Lipinski definition) is 1. The van der Waals surface area contributed by atoms with E-state index in [0.717, 1.165) is 41.9 Å². The van der Waals surface area contributed by atoms with E-state index in [1.54, 1.807) is 16.9 Å². The van der Waals surface area contributed by atoms with Gasteiger partial charge in [-0.15, -0.1) is 0 Å². The number of nitrogens with one attached hydrogen (secondary N) is 1. The smallest absolute Gasteiger partial charge is 0.410 e. The number of ether oxygens (including phenoxy) is 5. The average molecular weight is 680 g/mol. The van der Waals surface area contributed by atoms with Gasteiger partial charge in [-0.3, -0.25) is 4.79 Å². The van der Waals surface area contributed by atoms with Gasteiger partial charge in [-0.2, -0.15) is 0 Å². The summed E-state index contributed by atoms with van der Waals surface area (Å²) in [5.74, 6) is 0.798. The molecule has 11 nitrogen and oxygen atoms in total. The number of unbranched alkanes of at least 4 members (excludes halogenated alkanes) is 1. The minimum atomic E-state index is -0.715. The highest BCUT2D eigenvalue weighted by Gasteiger charge is 2.44. The molecule has 0 radical (unpaired) electrons. The lowest BCUT2D eigenvalue weighted by molar-refractivity contribution is -0.127. The molecule has 3 aliphatic rings. The quantitative estimate of drug-likeness (QED) is 0.276. The number of fused-ring (bicyclic) bond motifs is 2. The lowest BCUT2D eigenvalue weighted by Crippen LogP contribution is -2.58. The van der Waals surface area contributed by atoms with Crippen LogP contribution in [0.15, 0.2) is 48.5 Å². The second-order valence-electron chi connectivity index (χ2n) is 14.3. The zero-order valence-corrected chi connectivity index (χ0v) is 29.7. The maximum atomic E-state index is 14.3. The van der Waals surface area contributed by atoms with Gasteiger partial charge < -0.3 is 38.8 Å². The van der Waals surface area contributed by atoms with Crippen LogP contribution in [0, 0.1) is 5.92 Å². The Labute approximate surface area is 290 Å². The van der Waals surface area contributed by atoms with E-state index < -0.39 is 35.2 Å². The number of carbonyl (C=O) groups excluding carboxylic acids is 3. The van der Waals surface area contributed by atoms with Crippen LogP contribution in [0.3, 0.4) is 0 Å². The van der Waals surface area contributed by atoms with E-state index in [0.29, 0.717) is 52.2 Å². The summed E-state index contributed by atoms with van der Waals surface area (Å²) in [5, 5.41) is 3.31. The molecular weight excluding hydrogens is 626 g/mol. The molecule has 0 bridgehead atoms. The van der Waals surface area contributed by atoms with Crippen molar-refractivity contribution in [1.29, 1.82) is 0 Å². The molecule has 2 saturated heterocycles. The lowest BCUT2D eigenvalue weighted by Gasteiger charge is -2.43. The van der Waals surface area contributed by atoms with Crippen LogP contribution in [0.2, 0.25) is 0 Å². The highest BCUT2D eigenvalue weighted by molar-refractivity contribution is 5.81. The molecule has 11 heteroatoms. The largest absolute Gasteiger partial charge is 0.457 e. The molecule has 3 amide bonds. The molecule has 0 aliphatic carbocycles. The Morgan fingerprint density at radius 2 is 1.63 bits per heavy atom. The molecule has 49 heavy (non-hydrogen) atoms. The first-order valence-electron chi connectivity index (χ1n) is 17.7. The first-order chi connectivity index (χ1) is 23.5. The summed E-state index contributed by atoms with van der Waals surface area (Å²) >= 11 is 0. The average Bonchev–Trinajstić information content (AvgIpc) is 3.09. The highest BCUT2D eigenvalue weighted by atomic mass is 16.6. The minimum absolute atomic E-state index is 0.176. The number of likely N-dealkylation sites (tertiary alicyclic amines) is 1. The summed E-state index contributed by atoms with van der Waals surface area (Å²) in [6.07, 6.45) is 3.05. The van der Waals surface area contributed by atoms with Crippen molar-refractivity contribution in [1.82, 2.24) is 15.1 Å². The van der Waals surface area contributed by atoms with E-state index in [-0.39, 0.29) is 25.1 Å². The molecule has 1 N–H and O–H groups in total. The van der Waals surface area contributed by atoms with Gasteiger partial charge in [0.1, 0.15) is 23.2 Å². The molecule has 3 heterocycles. The Morgan fingerprint density at radius 3 is 2.24 bits per heavy atom. The topological polar surface area (TPSA) is 116 Å². The summed E-state index contributed by atoms with van der Waals surface area (Å²) in [5.41, 5.74) is 0.789. The third kappa shape index (κ3) is 8.86. The Morgan fingerprint density at radius 1 is 0.980 bits per heavy atom. The van der Waals surface area contributed by atoms with E-state index in [4.69, 9.17) is 23.7 Å². The first-order valence-corrected chi connectivity index (χ1v) is 17.7. The van der Waals surface area contributed by atoms with Gasteiger partial charge in [-0.05, 0) is 65.5 Å². The van der Waals surface area contributed by atoms with Gasteiger partial charge in [0.05, 0.1) is 25.2 Å². The van der Waals surface area contributed by atoms with Gasteiger partial charge in [-0.25, -0.2) is 9.59 Å². The molecule has 2 atom stereocenters. The van der Waals surface area contributed by atoms with Crippen LogP contribution in [-0.2, 0) is 29.2 Å². The highest BCUT2D eigenvalue weighted by Crippen LogP contribution is 2.50. The third-order valence-corrected chi connectivity index (χ3v) is 9.69. The number of nitrogens with zero attached hydrogens (tertiary/aromatic N) is 2. The summed E-state index contributed by atoms with van der Waals surface area (Å²) in [6.45, 7) is 10.2. The normalized spacial score (nSPS) is 20.3.